The van der Waals surface area contributed by atoms with Crippen molar-refractivity contribution in [2.24, 2.45) is 0 Å². The van der Waals surface area contributed by atoms with E-state index in [0.717, 1.165) is 18.7 Å². The minimum Gasteiger partial charge on any atom is -0.469 e. The molecule has 1 heterocycles. The SMILES string of the molecule is CC(Cc1ccco1)NCCC1=CCCCC1. The van der Waals surface area contributed by atoms with Crippen LogP contribution >= 0.6 is 0 Å². The lowest BCUT2D eigenvalue weighted by molar-refractivity contribution is 0.457. The third-order valence-electron chi connectivity index (χ3n) is 3.41. The van der Waals surface area contributed by atoms with Crippen LogP contribution < -0.4 is 5.32 Å². The molecule has 1 aliphatic rings. The van der Waals surface area contributed by atoms with Crippen LogP contribution in [0.1, 0.15) is 44.8 Å². The summed E-state index contributed by atoms with van der Waals surface area (Å²) in [6.45, 7) is 3.31. The smallest absolute Gasteiger partial charge is 0.105 e. The lowest BCUT2D eigenvalue weighted by Crippen LogP contribution is -2.29. The second-order valence-corrected chi connectivity index (χ2v) is 5.00. The molecule has 1 aromatic heterocycles. The number of rotatable bonds is 6. The molecule has 1 aliphatic carbocycles. The zero-order valence-electron chi connectivity index (χ0n) is 10.7. The van der Waals surface area contributed by atoms with E-state index in [1.807, 2.05) is 12.1 Å². The van der Waals surface area contributed by atoms with Gasteiger partial charge in [-0.1, -0.05) is 11.6 Å². The van der Waals surface area contributed by atoms with Crippen LogP contribution in [-0.2, 0) is 6.42 Å². The first-order chi connectivity index (χ1) is 8.34. The molecule has 2 nitrogen and oxygen atoms in total. The van der Waals surface area contributed by atoms with Gasteiger partial charge in [-0.15, -0.1) is 0 Å². The topological polar surface area (TPSA) is 25.2 Å². The van der Waals surface area contributed by atoms with E-state index in [-0.39, 0.29) is 0 Å². The molecular formula is C15H23NO. The van der Waals surface area contributed by atoms with Crippen LogP contribution in [-0.4, -0.2) is 12.6 Å². The summed E-state index contributed by atoms with van der Waals surface area (Å²) in [7, 11) is 0. The van der Waals surface area contributed by atoms with Crippen LogP contribution in [0.4, 0.5) is 0 Å². The van der Waals surface area contributed by atoms with Gasteiger partial charge in [0.1, 0.15) is 5.76 Å². The molecule has 1 N–H and O–H groups in total. The predicted octanol–water partition coefficient (Wildman–Crippen LogP) is 3.69. The number of nitrogens with one attached hydrogen (secondary N) is 1. The Morgan fingerprint density at radius 1 is 1.41 bits per heavy atom. The molecule has 17 heavy (non-hydrogen) atoms. The summed E-state index contributed by atoms with van der Waals surface area (Å²) < 4.78 is 5.35. The van der Waals surface area contributed by atoms with Crippen molar-refractivity contribution in [2.75, 3.05) is 6.54 Å². The first-order valence-corrected chi connectivity index (χ1v) is 6.78. The number of hydrogen-bond acceptors (Lipinski definition) is 2. The summed E-state index contributed by atoms with van der Waals surface area (Å²) in [5.74, 6) is 1.07. The molecule has 2 rings (SSSR count). The average molecular weight is 233 g/mol. The van der Waals surface area contributed by atoms with Crippen LogP contribution in [0.15, 0.2) is 34.5 Å². The second kappa shape index (κ2) is 6.65. The van der Waals surface area contributed by atoms with Gasteiger partial charge in [0.2, 0.25) is 0 Å². The van der Waals surface area contributed by atoms with Gasteiger partial charge in [0.05, 0.1) is 6.26 Å². The second-order valence-electron chi connectivity index (χ2n) is 5.00. The van der Waals surface area contributed by atoms with E-state index >= 15 is 0 Å². The minimum absolute atomic E-state index is 0.491. The molecule has 0 amide bonds. The molecule has 0 radical (unpaired) electrons. The standard InChI is InChI=1S/C15H23NO/c1-13(12-15-8-5-11-17-15)16-10-9-14-6-3-2-4-7-14/h5-6,8,11,13,16H,2-4,7,9-10,12H2,1H3. The molecule has 0 saturated heterocycles. The normalized spacial score (nSPS) is 17.8. The molecule has 1 atom stereocenters. The fourth-order valence-electron chi connectivity index (χ4n) is 2.41. The van der Waals surface area contributed by atoms with Crippen LogP contribution in [0, 0.1) is 0 Å². The molecule has 94 valence electrons. The van der Waals surface area contributed by atoms with Gasteiger partial charge < -0.3 is 9.73 Å². The molecule has 0 saturated carbocycles. The third kappa shape index (κ3) is 4.39. The summed E-state index contributed by atoms with van der Waals surface area (Å²) >= 11 is 0. The summed E-state index contributed by atoms with van der Waals surface area (Å²) in [5.41, 5.74) is 1.65. The maximum absolute atomic E-state index is 5.35. The van der Waals surface area contributed by atoms with E-state index in [9.17, 15) is 0 Å². The summed E-state index contributed by atoms with van der Waals surface area (Å²) in [6, 6.07) is 4.49. The van der Waals surface area contributed by atoms with Gasteiger partial charge in [-0.25, -0.2) is 0 Å². The van der Waals surface area contributed by atoms with Crippen LogP contribution in [0.25, 0.3) is 0 Å². The Bertz CT molecular complexity index is 340. The maximum atomic E-state index is 5.35. The Morgan fingerprint density at radius 3 is 3.06 bits per heavy atom. The summed E-state index contributed by atoms with van der Waals surface area (Å²) in [4.78, 5) is 0. The summed E-state index contributed by atoms with van der Waals surface area (Å²) in [5, 5.41) is 3.57. The zero-order valence-corrected chi connectivity index (χ0v) is 10.7. The van der Waals surface area contributed by atoms with Crippen molar-refractivity contribution in [3.05, 3.63) is 35.8 Å². The van der Waals surface area contributed by atoms with Crippen LogP contribution in [0.2, 0.25) is 0 Å². The Hall–Kier alpha value is -1.02. The maximum Gasteiger partial charge on any atom is 0.105 e. The third-order valence-corrected chi connectivity index (χ3v) is 3.41. The monoisotopic (exact) mass is 233 g/mol. The van der Waals surface area contributed by atoms with E-state index in [1.54, 1.807) is 11.8 Å². The van der Waals surface area contributed by atoms with Crippen molar-refractivity contribution in [2.45, 2.75) is 51.5 Å². The van der Waals surface area contributed by atoms with Crippen molar-refractivity contribution >= 4 is 0 Å². The highest BCUT2D eigenvalue weighted by Gasteiger charge is 2.06. The van der Waals surface area contributed by atoms with Gasteiger partial charge in [0.15, 0.2) is 0 Å². The number of hydrogen-bond donors (Lipinski definition) is 1. The van der Waals surface area contributed by atoms with E-state index in [1.165, 1.54) is 32.1 Å². The quantitative estimate of drug-likeness (QED) is 0.758. The van der Waals surface area contributed by atoms with Gasteiger partial charge in [-0.05, 0) is 57.7 Å². The summed E-state index contributed by atoms with van der Waals surface area (Å²) in [6.07, 6.45) is 11.7. The average Bonchev–Trinajstić information content (AvgIpc) is 2.83. The fourth-order valence-corrected chi connectivity index (χ4v) is 2.41. The molecule has 2 heteroatoms. The van der Waals surface area contributed by atoms with Crippen molar-refractivity contribution < 1.29 is 4.42 Å². The Labute approximate surface area is 104 Å². The molecule has 0 spiro atoms. The fraction of sp³-hybridized carbons (Fsp3) is 0.600. The van der Waals surface area contributed by atoms with Gasteiger partial charge in [-0.3, -0.25) is 0 Å². The number of furan rings is 1. The van der Waals surface area contributed by atoms with E-state index in [2.05, 4.69) is 18.3 Å². The van der Waals surface area contributed by atoms with E-state index < -0.39 is 0 Å². The van der Waals surface area contributed by atoms with Crippen LogP contribution in [0.3, 0.4) is 0 Å². The first kappa shape index (κ1) is 12.4. The minimum atomic E-state index is 0.491. The lowest BCUT2D eigenvalue weighted by Gasteiger charge is -2.15. The Morgan fingerprint density at radius 2 is 2.35 bits per heavy atom. The van der Waals surface area contributed by atoms with Crippen LogP contribution in [0.5, 0.6) is 0 Å². The molecule has 1 unspecified atom stereocenters. The van der Waals surface area contributed by atoms with E-state index in [0.29, 0.717) is 6.04 Å². The van der Waals surface area contributed by atoms with Crippen molar-refractivity contribution in [3.63, 3.8) is 0 Å². The van der Waals surface area contributed by atoms with Crippen molar-refractivity contribution in [3.8, 4) is 0 Å². The number of allylic oxidation sites excluding steroid dienone is 1. The zero-order chi connectivity index (χ0) is 11.9. The highest BCUT2D eigenvalue weighted by Crippen LogP contribution is 2.19. The molecule has 0 aromatic carbocycles. The van der Waals surface area contributed by atoms with Gasteiger partial charge in [-0.2, -0.15) is 0 Å². The van der Waals surface area contributed by atoms with Gasteiger partial charge in [0.25, 0.3) is 0 Å². The predicted molar refractivity (Wildman–Crippen MR) is 71.0 cm³/mol. The van der Waals surface area contributed by atoms with E-state index in [4.69, 9.17) is 4.42 Å². The van der Waals surface area contributed by atoms with Crippen molar-refractivity contribution in [1.82, 2.24) is 5.32 Å². The highest BCUT2D eigenvalue weighted by molar-refractivity contribution is 5.05. The molecule has 0 bridgehead atoms. The molecule has 0 aliphatic heterocycles. The first-order valence-electron chi connectivity index (χ1n) is 6.78. The molecule has 1 aromatic rings. The molecular weight excluding hydrogens is 210 g/mol. The lowest BCUT2D eigenvalue weighted by atomic mass is 9.97. The molecule has 0 fully saturated rings. The van der Waals surface area contributed by atoms with Gasteiger partial charge in [0, 0.05) is 12.5 Å². The highest BCUT2D eigenvalue weighted by atomic mass is 16.3. The Kier molecular flexibility index (Phi) is 4.87. The Balaban J connectivity index is 1.62. The van der Waals surface area contributed by atoms with Gasteiger partial charge >= 0.3 is 0 Å². The van der Waals surface area contributed by atoms with Crippen molar-refractivity contribution in [1.29, 1.82) is 0 Å². The largest absolute Gasteiger partial charge is 0.469 e.